The van der Waals surface area contributed by atoms with Crippen LogP contribution in [0.1, 0.15) is 24.3 Å². The number of rotatable bonds is 11. The molecule has 0 aliphatic carbocycles. The van der Waals surface area contributed by atoms with Gasteiger partial charge in [0.15, 0.2) is 12.0 Å². The highest BCUT2D eigenvalue weighted by Gasteiger charge is 2.54. The molecule has 1 aromatic heterocycles. The van der Waals surface area contributed by atoms with Crippen LogP contribution < -0.4 is 26.6 Å². The predicted molar refractivity (Wildman–Crippen MR) is 145 cm³/mol. The number of alkyl halides is 3. The fraction of sp³-hybridized carbons (Fsp3) is 0.346. The quantitative estimate of drug-likeness (QED) is 0.148. The summed E-state index contributed by atoms with van der Waals surface area (Å²) in [6.45, 7) is 0.115. The Kier molecular flexibility index (Phi) is 9.80. The Morgan fingerprint density at radius 1 is 1.16 bits per heavy atom. The molecule has 0 radical (unpaired) electrons. The number of halogens is 3. The molecule has 2 heterocycles. The summed E-state index contributed by atoms with van der Waals surface area (Å²) in [7, 11) is -4.75. The average Bonchev–Trinajstić information content (AvgIpc) is 3.19. The van der Waals surface area contributed by atoms with Gasteiger partial charge < -0.3 is 24.2 Å². The average molecular weight is 644 g/mol. The topological polar surface area (TPSA) is 204 Å². The van der Waals surface area contributed by atoms with Gasteiger partial charge >= 0.3 is 25.6 Å². The molecule has 4 rings (SSSR count). The Bertz CT molecular complexity index is 1620. The third-order valence-corrected chi connectivity index (χ3v) is 8.00. The van der Waals surface area contributed by atoms with Crippen molar-refractivity contribution in [2.75, 3.05) is 6.61 Å². The van der Waals surface area contributed by atoms with Gasteiger partial charge in [0.25, 0.3) is 5.56 Å². The number of aromatic amines is 1. The van der Waals surface area contributed by atoms with Crippen molar-refractivity contribution >= 4 is 13.7 Å². The fourth-order valence-corrected chi connectivity index (χ4v) is 5.57. The van der Waals surface area contributed by atoms with Gasteiger partial charge in [-0.25, -0.2) is 9.36 Å². The number of ether oxygens (including phenoxy) is 2. The summed E-state index contributed by atoms with van der Waals surface area (Å²) < 4.78 is 75.1. The van der Waals surface area contributed by atoms with E-state index in [2.05, 4.69) is 5.09 Å². The van der Waals surface area contributed by atoms with Gasteiger partial charge in [-0.3, -0.25) is 29.4 Å². The van der Waals surface area contributed by atoms with Crippen molar-refractivity contribution in [2.45, 2.75) is 49.9 Å². The van der Waals surface area contributed by atoms with E-state index in [1.54, 1.807) is 30.3 Å². The normalized spacial score (nSPS) is 23.9. The number of hydrogen-bond acceptors (Lipinski definition) is 11. The SMILES string of the molecule is C[C@H](NP(=O)(OC[C@@]1(N)O[C@@H](n2ccc(=O)[nH]c2=O)[C@H](O)[C@@H]1O)Oc1ccc(C(F)(F)F)cc1)C(=O)OCc1ccccc1. The van der Waals surface area contributed by atoms with Crippen molar-refractivity contribution in [3.05, 3.63) is 98.8 Å². The summed E-state index contributed by atoms with van der Waals surface area (Å²) in [5.74, 6) is -1.27. The maximum Gasteiger partial charge on any atom is 0.459 e. The van der Waals surface area contributed by atoms with Crippen LogP contribution in [0.5, 0.6) is 5.75 Å². The lowest BCUT2D eigenvalue weighted by molar-refractivity contribution is -0.146. The molecular weight excluding hydrogens is 616 g/mol. The summed E-state index contributed by atoms with van der Waals surface area (Å²) in [5, 5.41) is 23.5. The Morgan fingerprint density at radius 3 is 2.43 bits per heavy atom. The Balaban J connectivity index is 1.53. The van der Waals surface area contributed by atoms with Crippen LogP contribution in [0.15, 0.2) is 76.4 Å². The van der Waals surface area contributed by atoms with E-state index < -0.39 is 73.5 Å². The van der Waals surface area contributed by atoms with E-state index in [9.17, 15) is 42.3 Å². The van der Waals surface area contributed by atoms with Crippen molar-refractivity contribution in [1.29, 1.82) is 0 Å². The number of H-pyrrole nitrogens is 1. The first-order valence-corrected chi connectivity index (χ1v) is 14.4. The second kappa shape index (κ2) is 13.0. The molecule has 14 nitrogen and oxygen atoms in total. The van der Waals surface area contributed by atoms with E-state index in [0.29, 0.717) is 17.7 Å². The molecule has 1 fully saturated rings. The lowest BCUT2D eigenvalue weighted by Crippen LogP contribution is -2.54. The minimum Gasteiger partial charge on any atom is -0.460 e. The maximum atomic E-state index is 13.8. The Morgan fingerprint density at radius 2 is 1.82 bits per heavy atom. The number of carbonyl (C=O) groups excluding carboxylic acids is 1. The van der Waals surface area contributed by atoms with Gasteiger partial charge in [-0.05, 0) is 36.8 Å². The number of benzene rings is 2. The minimum atomic E-state index is -4.75. The summed E-state index contributed by atoms with van der Waals surface area (Å²) in [6.07, 6.45) is -9.11. The van der Waals surface area contributed by atoms with Gasteiger partial charge in [0, 0.05) is 12.3 Å². The molecular formula is C26H28F3N4O10P. The second-order valence-corrected chi connectivity index (χ2v) is 11.4. The molecule has 44 heavy (non-hydrogen) atoms. The molecule has 18 heteroatoms. The molecule has 238 valence electrons. The van der Waals surface area contributed by atoms with Crippen molar-refractivity contribution in [3.8, 4) is 5.75 Å². The lowest BCUT2D eigenvalue weighted by Gasteiger charge is -2.30. The summed E-state index contributed by atoms with van der Waals surface area (Å²) in [5.41, 5.74) is 1.64. The van der Waals surface area contributed by atoms with Crippen LogP contribution in [0.3, 0.4) is 0 Å². The minimum absolute atomic E-state index is 0.133. The van der Waals surface area contributed by atoms with Crippen LogP contribution in [0.4, 0.5) is 13.2 Å². The van der Waals surface area contributed by atoms with Gasteiger partial charge in [-0.1, -0.05) is 30.3 Å². The zero-order chi connectivity index (χ0) is 32.3. The van der Waals surface area contributed by atoms with E-state index >= 15 is 0 Å². The monoisotopic (exact) mass is 644 g/mol. The molecule has 1 saturated heterocycles. The predicted octanol–water partition coefficient (Wildman–Crippen LogP) is 1.39. The summed E-state index contributed by atoms with van der Waals surface area (Å²) >= 11 is 0. The Labute approximate surface area is 246 Å². The summed E-state index contributed by atoms with van der Waals surface area (Å²) in [4.78, 5) is 38.2. The molecule has 0 bridgehead atoms. The van der Waals surface area contributed by atoms with E-state index in [4.69, 9.17) is 24.3 Å². The second-order valence-electron chi connectivity index (χ2n) is 9.74. The lowest BCUT2D eigenvalue weighted by atomic mass is 10.1. The third kappa shape index (κ3) is 7.81. The molecule has 2 aromatic carbocycles. The van der Waals surface area contributed by atoms with Gasteiger partial charge in [-0.2, -0.15) is 18.3 Å². The van der Waals surface area contributed by atoms with Crippen molar-refractivity contribution in [1.82, 2.24) is 14.6 Å². The number of nitrogens with zero attached hydrogens (tertiary/aromatic N) is 1. The summed E-state index contributed by atoms with van der Waals surface area (Å²) in [6, 6.07) is 11.2. The van der Waals surface area contributed by atoms with Crippen LogP contribution in [0, 0.1) is 0 Å². The number of aromatic nitrogens is 2. The number of aliphatic hydroxyl groups is 2. The number of nitrogens with two attached hydrogens (primary N) is 1. The molecule has 6 N–H and O–H groups in total. The van der Waals surface area contributed by atoms with Crippen LogP contribution >= 0.6 is 7.75 Å². The highest BCUT2D eigenvalue weighted by atomic mass is 31.2. The van der Waals surface area contributed by atoms with Crippen molar-refractivity contribution in [2.24, 2.45) is 5.73 Å². The third-order valence-electron chi connectivity index (χ3n) is 6.38. The highest BCUT2D eigenvalue weighted by molar-refractivity contribution is 7.52. The van der Waals surface area contributed by atoms with E-state index in [0.717, 1.165) is 29.0 Å². The van der Waals surface area contributed by atoms with Crippen LogP contribution in [0.25, 0.3) is 0 Å². The molecule has 0 amide bonds. The molecule has 0 spiro atoms. The maximum absolute atomic E-state index is 13.8. The number of carbonyl (C=O) groups is 1. The number of esters is 1. The molecule has 6 atom stereocenters. The fourth-order valence-electron chi connectivity index (χ4n) is 4.04. The zero-order valence-corrected chi connectivity index (χ0v) is 23.7. The van der Waals surface area contributed by atoms with Crippen LogP contribution in [-0.4, -0.2) is 56.3 Å². The molecule has 1 aliphatic rings. The van der Waals surface area contributed by atoms with Crippen molar-refractivity contribution in [3.63, 3.8) is 0 Å². The van der Waals surface area contributed by atoms with E-state index in [-0.39, 0.29) is 12.4 Å². The highest BCUT2D eigenvalue weighted by Crippen LogP contribution is 2.47. The van der Waals surface area contributed by atoms with E-state index in [1.807, 2.05) is 4.98 Å². The number of aliphatic hydroxyl groups excluding tert-OH is 2. The number of hydrogen-bond donors (Lipinski definition) is 5. The van der Waals surface area contributed by atoms with Crippen LogP contribution in [-0.2, 0) is 36.1 Å². The van der Waals surface area contributed by atoms with Gasteiger partial charge in [0.1, 0.15) is 37.2 Å². The number of nitrogens with one attached hydrogen (secondary N) is 2. The van der Waals surface area contributed by atoms with Crippen molar-refractivity contribution < 1.29 is 51.3 Å². The van der Waals surface area contributed by atoms with Gasteiger partial charge in [-0.15, -0.1) is 0 Å². The van der Waals surface area contributed by atoms with Gasteiger partial charge in [0.2, 0.25) is 0 Å². The van der Waals surface area contributed by atoms with E-state index in [1.165, 1.54) is 6.92 Å². The first-order chi connectivity index (χ1) is 20.6. The first-order valence-electron chi connectivity index (χ1n) is 12.8. The molecule has 0 saturated carbocycles. The van der Waals surface area contributed by atoms with Gasteiger partial charge in [0.05, 0.1) is 5.56 Å². The standard InChI is InChI=1S/C26H28F3N4O10P/c1-15(23(37)40-13-16-5-3-2-4-6-16)32-44(39,43-18-9-7-17(8-10-18)26(27,28)29)41-14-25(30)21(36)20(35)22(42-25)33-12-11-19(34)31-24(33)38/h2-12,15,20-22,35-36H,13-14,30H2,1H3,(H,32,39)(H,31,34,38)/t15-,20+,21-,22+,25+,44?/m0/s1. The molecule has 3 aromatic rings. The smallest absolute Gasteiger partial charge is 0.459 e. The Hall–Kier alpha value is -3.83. The largest absolute Gasteiger partial charge is 0.460 e. The molecule has 1 unspecified atom stereocenters. The molecule has 1 aliphatic heterocycles. The zero-order valence-electron chi connectivity index (χ0n) is 22.8. The first kappa shape index (κ1) is 33.1. The van der Waals surface area contributed by atoms with Crippen LogP contribution in [0.2, 0.25) is 0 Å².